The Balaban J connectivity index is 2.19. The molecule has 0 aromatic heterocycles. The number of anilines is 2. The molecular formula is C17H19N3O2. The first-order valence-corrected chi connectivity index (χ1v) is 7.07. The normalized spacial score (nSPS) is 10.1. The zero-order valence-corrected chi connectivity index (χ0v) is 12.6. The van der Waals surface area contributed by atoms with E-state index in [1.165, 1.54) is 12.1 Å². The fourth-order valence-electron chi connectivity index (χ4n) is 2.08. The molecule has 0 spiro atoms. The molecule has 0 fully saturated rings. The number of carbonyl (C=O) groups excluding carboxylic acids is 2. The first-order chi connectivity index (χ1) is 10.5. The van der Waals surface area contributed by atoms with Crippen LogP contribution in [0, 0.1) is 6.92 Å². The van der Waals surface area contributed by atoms with E-state index in [2.05, 4.69) is 10.6 Å². The Hall–Kier alpha value is -2.82. The van der Waals surface area contributed by atoms with Gasteiger partial charge in [0.1, 0.15) is 0 Å². The molecule has 2 aromatic carbocycles. The van der Waals surface area contributed by atoms with Gasteiger partial charge in [0, 0.05) is 17.7 Å². The van der Waals surface area contributed by atoms with Gasteiger partial charge < -0.3 is 16.4 Å². The van der Waals surface area contributed by atoms with Gasteiger partial charge in [-0.05, 0) is 55.8 Å². The molecule has 0 unspecified atom stereocenters. The van der Waals surface area contributed by atoms with Crippen molar-refractivity contribution >= 4 is 23.2 Å². The smallest absolute Gasteiger partial charge is 0.255 e. The molecule has 4 N–H and O–H groups in total. The van der Waals surface area contributed by atoms with Crippen LogP contribution >= 0.6 is 0 Å². The lowest BCUT2D eigenvalue weighted by molar-refractivity contribution is 0.0995. The molecule has 0 atom stereocenters. The fourth-order valence-corrected chi connectivity index (χ4v) is 2.08. The number of rotatable bonds is 5. The largest absolute Gasteiger partial charge is 0.384 e. The van der Waals surface area contributed by atoms with Gasteiger partial charge >= 0.3 is 0 Å². The summed E-state index contributed by atoms with van der Waals surface area (Å²) < 4.78 is 0. The van der Waals surface area contributed by atoms with Gasteiger partial charge in [-0.3, -0.25) is 9.59 Å². The van der Waals surface area contributed by atoms with Gasteiger partial charge in [0.05, 0.1) is 11.4 Å². The van der Waals surface area contributed by atoms with Crippen molar-refractivity contribution in [2.45, 2.75) is 13.8 Å². The second-order valence-corrected chi connectivity index (χ2v) is 4.98. The number of nitrogens with one attached hydrogen (secondary N) is 2. The lowest BCUT2D eigenvalue weighted by atomic mass is 10.1. The van der Waals surface area contributed by atoms with E-state index in [0.29, 0.717) is 11.1 Å². The quantitative estimate of drug-likeness (QED) is 0.793. The minimum Gasteiger partial charge on any atom is -0.384 e. The number of hydrogen-bond acceptors (Lipinski definition) is 3. The van der Waals surface area contributed by atoms with E-state index in [4.69, 9.17) is 5.73 Å². The molecule has 22 heavy (non-hydrogen) atoms. The maximum atomic E-state index is 12.3. The van der Waals surface area contributed by atoms with Crippen LogP contribution in [0.4, 0.5) is 11.4 Å². The third-order valence-corrected chi connectivity index (χ3v) is 3.22. The first kappa shape index (κ1) is 15.6. The molecule has 0 heterocycles. The summed E-state index contributed by atoms with van der Waals surface area (Å²) >= 11 is 0. The van der Waals surface area contributed by atoms with Gasteiger partial charge in [-0.1, -0.05) is 6.07 Å². The average Bonchev–Trinajstić information content (AvgIpc) is 2.50. The Morgan fingerprint density at radius 2 is 1.64 bits per heavy atom. The van der Waals surface area contributed by atoms with Crippen molar-refractivity contribution in [3.05, 3.63) is 59.2 Å². The fraction of sp³-hybridized carbons (Fsp3) is 0.176. The zero-order valence-electron chi connectivity index (χ0n) is 12.6. The summed E-state index contributed by atoms with van der Waals surface area (Å²) in [7, 11) is 0. The Labute approximate surface area is 129 Å². The van der Waals surface area contributed by atoms with E-state index in [1.54, 1.807) is 12.1 Å². The second kappa shape index (κ2) is 6.76. The highest BCUT2D eigenvalue weighted by Gasteiger charge is 2.10. The summed E-state index contributed by atoms with van der Waals surface area (Å²) in [6.45, 7) is 4.76. The van der Waals surface area contributed by atoms with E-state index in [9.17, 15) is 9.59 Å². The number of primary amides is 1. The van der Waals surface area contributed by atoms with Gasteiger partial charge in [-0.2, -0.15) is 0 Å². The van der Waals surface area contributed by atoms with E-state index < -0.39 is 5.91 Å². The molecule has 2 amide bonds. The summed E-state index contributed by atoms with van der Waals surface area (Å²) in [5.74, 6) is -0.751. The van der Waals surface area contributed by atoms with E-state index in [1.807, 2.05) is 32.0 Å². The van der Waals surface area contributed by atoms with Crippen LogP contribution in [0.1, 0.15) is 33.2 Å². The molecule has 0 saturated carbocycles. The number of aryl methyl sites for hydroxylation is 1. The van der Waals surface area contributed by atoms with Crippen LogP contribution in [0.2, 0.25) is 0 Å². The molecular weight excluding hydrogens is 278 g/mol. The molecule has 114 valence electrons. The first-order valence-electron chi connectivity index (χ1n) is 7.07. The van der Waals surface area contributed by atoms with Crippen LogP contribution in [0.3, 0.4) is 0 Å². The molecule has 0 aliphatic rings. The third kappa shape index (κ3) is 3.63. The molecule has 0 aliphatic carbocycles. The van der Waals surface area contributed by atoms with Crippen molar-refractivity contribution in [2.75, 3.05) is 17.2 Å². The molecule has 2 aromatic rings. The lowest BCUT2D eigenvalue weighted by Crippen LogP contribution is -2.15. The van der Waals surface area contributed by atoms with Crippen molar-refractivity contribution in [3.8, 4) is 0 Å². The molecule has 2 rings (SSSR count). The highest BCUT2D eigenvalue weighted by molar-refractivity contribution is 6.06. The molecule has 0 bridgehead atoms. The maximum Gasteiger partial charge on any atom is 0.255 e. The number of nitrogens with two attached hydrogens (primary N) is 1. The van der Waals surface area contributed by atoms with Gasteiger partial charge in [-0.15, -0.1) is 0 Å². The van der Waals surface area contributed by atoms with Crippen molar-refractivity contribution < 1.29 is 9.59 Å². The molecule has 0 saturated heterocycles. The Morgan fingerprint density at radius 1 is 1.00 bits per heavy atom. The van der Waals surface area contributed by atoms with Crippen LogP contribution < -0.4 is 16.4 Å². The minimum atomic E-state index is -0.514. The number of carbonyl (C=O) groups is 2. The average molecular weight is 297 g/mol. The van der Waals surface area contributed by atoms with Gasteiger partial charge in [-0.25, -0.2) is 0 Å². The third-order valence-electron chi connectivity index (χ3n) is 3.22. The summed E-state index contributed by atoms with van der Waals surface area (Å²) in [4.78, 5) is 23.3. The number of hydrogen-bond donors (Lipinski definition) is 3. The van der Waals surface area contributed by atoms with Crippen LogP contribution in [-0.2, 0) is 0 Å². The van der Waals surface area contributed by atoms with Gasteiger partial charge in [0.15, 0.2) is 0 Å². The predicted molar refractivity (Wildman–Crippen MR) is 88.3 cm³/mol. The van der Waals surface area contributed by atoms with Crippen molar-refractivity contribution in [1.29, 1.82) is 0 Å². The molecule has 5 heteroatoms. The maximum absolute atomic E-state index is 12.3. The molecule has 0 radical (unpaired) electrons. The lowest BCUT2D eigenvalue weighted by Gasteiger charge is -2.13. The van der Waals surface area contributed by atoms with Crippen molar-refractivity contribution in [2.24, 2.45) is 5.73 Å². The summed E-state index contributed by atoms with van der Waals surface area (Å²) in [6.07, 6.45) is 0. The highest BCUT2D eigenvalue weighted by Crippen LogP contribution is 2.23. The van der Waals surface area contributed by atoms with E-state index in [0.717, 1.165) is 23.5 Å². The summed E-state index contributed by atoms with van der Waals surface area (Å²) in [5, 5.41) is 6.09. The Bertz CT molecular complexity index is 694. The number of benzene rings is 2. The highest BCUT2D eigenvalue weighted by atomic mass is 16.2. The number of amides is 2. The van der Waals surface area contributed by atoms with Crippen LogP contribution in [-0.4, -0.2) is 18.4 Å². The molecule has 0 aliphatic heterocycles. The summed E-state index contributed by atoms with van der Waals surface area (Å²) in [5.41, 5.74) is 8.73. The van der Waals surface area contributed by atoms with Crippen LogP contribution in [0.15, 0.2) is 42.5 Å². The van der Waals surface area contributed by atoms with Crippen molar-refractivity contribution in [3.63, 3.8) is 0 Å². The van der Waals surface area contributed by atoms with E-state index in [-0.39, 0.29) is 5.91 Å². The second-order valence-electron chi connectivity index (χ2n) is 4.98. The van der Waals surface area contributed by atoms with E-state index >= 15 is 0 Å². The van der Waals surface area contributed by atoms with Gasteiger partial charge in [0.2, 0.25) is 5.91 Å². The topological polar surface area (TPSA) is 84.2 Å². The SMILES string of the molecule is CCNc1cc(C)ccc1NC(=O)c1ccc(C(N)=O)cc1. The Morgan fingerprint density at radius 3 is 2.23 bits per heavy atom. The predicted octanol–water partition coefficient (Wildman–Crippen LogP) is 2.78. The molecule has 5 nitrogen and oxygen atoms in total. The Kier molecular flexibility index (Phi) is 4.78. The standard InChI is InChI=1S/C17H19N3O2/c1-3-19-15-10-11(2)4-9-14(15)20-17(22)13-7-5-12(6-8-13)16(18)21/h4-10,19H,3H2,1-2H3,(H2,18,21)(H,20,22). The zero-order chi connectivity index (χ0) is 16.1. The minimum absolute atomic E-state index is 0.237. The summed E-state index contributed by atoms with van der Waals surface area (Å²) in [6, 6.07) is 12.0. The monoisotopic (exact) mass is 297 g/mol. The van der Waals surface area contributed by atoms with Crippen LogP contribution in [0.25, 0.3) is 0 Å². The van der Waals surface area contributed by atoms with Crippen LogP contribution in [0.5, 0.6) is 0 Å². The van der Waals surface area contributed by atoms with Gasteiger partial charge in [0.25, 0.3) is 5.91 Å². The van der Waals surface area contributed by atoms with Crippen molar-refractivity contribution in [1.82, 2.24) is 0 Å².